The summed E-state index contributed by atoms with van der Waals surface area (Å²) in [5.41, 5.74) is 0. The van der Waals surface area contributed by atoms with E-state index in [0.717, 1.165) is 32.7 Å². The fourth-order valence-electron chi connectivity index (χ4n) is 2.37. The van der Waals surface area contributed by atoms with Gasteiger partial charge in [0.2, 0.25) is 5.91 Å². The van der Waals surface area contributed by atoms with Gasteiger partial charge in [-0.1, -0.05) is 0 Å². The van der Waals surface area contributed by atoms with E-state index in [9.17, 15) is 4.79 Å². The molecule has 0 aromatic heterocycles. The summed E-state index contributed by atoms with van der Waals surface area (Å²) >= 11 is 0. The van der Waals surface area contributed by atoms with Gasteiger partial charge in [-0.25, -0.2) is 0 Å². The lowest BCUT2D eigenvalue weighted by Crippen LogP contribution is -2.59. The summed E-state index contributed by atoms with van der Waals surface area (Å²) in [4.78, 5) is 14.3. The summed E-state index contributed by atoms with van der Waals surface area (Å²) in [6.07, 6.45) is 1.09. The van der Waals surface area contributed by atoms with E-state index in [1.165, 1.54) is 0 Å². The zero-order valence-corrected chi connectivity index (χ0v) is 10.7. The fourth-order valence-corrected chi connectivity index (χ4v) is 2.37. The van der Waals surface area contributed by atoms with E-state index in [0.29, 0.717) is 12.6 Å². The summed E-state index contributed by atoms with van der Waals surface area (Å²) in [5.74, 6) is 0.210. The second kappa shape index (κ2) is 5.80. The third kappa shape index (κ3) is 3.40. The van der Waals surface area contributed by atoms with Gasteiger partial charge in [0, 0.05) is 38.8 Å². The number of nitrogens with one attached hydrogen (secondary N) is 2. The highest BCUT2D eigenvalue weighted by atomic mass is 16.5. The molecule has 0 aromatic carbocycles. The Hall–Kier alpha value is -0.650. The average molecular weight is 241 g/mol. The molecule has 2 N–H and O–H groups in total. The standard InChI is InChI=1S/C12H23N3O2/c1-9-6-14-11(7-13-9)12(16)15-4-3-5-17-10(2)8-15/h9-11,13-14H,3-8H2,1-2H3. The van der Waals surface area contributed by atoms with Crippen LogP contribution in [0.3, 0.4) is 0 Å². The number of rotatable bonds is 1. The Kier molecular flexibility index (Phi) is 4.36. The normalized spacial score (nSPS) is 35.4. The monoisotopic (exact) mass is 241 g/mol. The molecule has 98 valence electrons. The number of carbonyl (C=O) groups is 1. The van der Waals surface area contributed by atoms with Gasteiger partial charge in [-0.05, 0) is 20.3 Å². The molecule has 0 saturated carbocycles. The smallest absolute Gasteiger partial charge is 0.241 e. The second-order valence-corrected chi connectivity index (χ2v) is 5.09. The average Bonchev–Trinajstić information content (AvgIpc) is 2.54. The van der Waals surface area contributed by atoms with Crippen molar-refractivity contribution in [3.05, 3.63) is 0 Å². The predicted octanol–water partition coefficient (Wildman–Crippen LogP) is -0.426. The first kappa shape index (κ1) is 12.8. The van der Waals surface area contributed by atoms with Crippen molar-refractivity contribution in [1.29, 1.82) is 0 Å². The van der Waals surface area contributed by atoms with Crippen molar-refractivity contribution in [2.75, 3.05) is 32.8 Å². The van der Waals surface area contributed by atoms with Crippen LogP contribution < -0.4 is 10.6 Å². The van der Waals surface area contributed by atoms with Crippen molar-refractivity contribution in [2.24, 2.45) is 0 Å². The van der Waals surface area contributed by atoms with Gasteiger partial charge < -0.3 is 20.3 Å². The number of hydrogen-bond acceptors (Lipinski definition) is 4. The molecule has 2 aliphatic rings. The van der Waals surface area contributed by atoms with Gasteiger partial charge in [0.15, 0.2) is 0 Å². The van der Waals surface area contributed by atoms with Crippen LogP contribution in [0.15, 0.2) is 0 Å². The molecule has 2 rings (SSSR count). The minimum absolute atomic E-state index is 0.0727. The molecule has 2 saturated heterocycles. The zero-order chi connectivity index (χ0) is 12.3. The van der Waals surface area contributed by atoms with Crippen LogP contribution in [-0.4, -0.2) is 61.8 Å². The number of ether oxygens (including phenoxy) is 1. The number of nitrogens with zero attached hydrogens (tertiary/aromatic N) is 1. The van der Waals surface area contributed by atoms with Crippen LogP contribution in [0, 0.1) is 0 Å². The van der Waals surface area contributed by atoms with Crippen molar-refractivity contribution in [1.82, 2.24) is 15.5 Å². The van der Waals surface area contributed by atoms with Gasteiger partial charge in [0.25, 0.3) is 0 Å². The zero-order valence-electron chi connectivity index (χ0n) is 10.7. The Morgan fingerprint density at radius 1 is 1.29 bits per heavy atom. The van der Waals surface area contributed by atoms with Crippen LogP contribution in [0.2, 0.25) is 0 Å². The molecule has 0 radical (unpaired) electrons. The van der Waals surface area contributed by atoms with Crippen LogP contribution in [0.5, 0.6) is 0 Å². The van der Waals surface area contributed by atoms with Crippen LogP contribution in [0.1, 0.15) is 20.3 Å². The van der Waals surface area contributed by atoms with Crippen LogP contribution in [-0.2, 0) is 9.53 Å². The molecular formula is C12H23N3O2. The molecule has 0 spiro atoms. The van der Waals surface area contributed by atoms with E-state index in [4.69, 9.17) is 4.74 Å². The Bertz CT molecular complexity index is 264. The van der Waals surface area contributed by atoms with E-state index in [-0.39, 0.29) is 18.1 Å². The molecule has 0 aromatic rings. The minimum Gasteiger partial charge on any atom is -0.377 e. The summed E-state index contributed by atoms with van der Waals surface area (Å²) < 4.78 is 5.56. The predicted molar refractivity (Wildman–Crippen MR) is 65.9 cm³/mol. The highest BCUT2D eigenvalue weighted by molar-refractivity contribution is 5.82. The molecule has 2 heterocycles. The van der Waals surface area contributed by atoms with Crippen LogP contribution in [0.4, 0.5) is 0 Å². The molecule has 1 amide bonds. The maximum absolute atomic E-state index is 12.3. The maximum Gasteiger partial charge on any atom is 0.241 e. The van der Waals surface area contributed by atoms with E-state index in [2.05, 4.69) is 17.6 Å². The largest absolute Gasteiger partial charge is 0.377 e. The lowest BCUT2D eigenvalue weighted by Gasteiger charge is -2.32. The highest BCUT2D eigenvalue weighted by Gasteiger charge is 2.29. The van der Waals surface area contributed by atoms with Gasteiger partial charge in [0.1, 0.15) is 0 Å². The Morgan fingerprint density at radius 3 is 2.82 bits per heavy atom. The summed E-state index contributed by atoms with van der Waals surface area (Å²) in [6.45, 7) is 8.03. The van der Waals surface area contributed by atoms with Gasteiger partial charge in [-0.2, -0.15) is 0 Å². The molecule has 2 fully saturated rings. The van der Waals surface area contributed by atoms with Crippen molar-refractivity contribution in [3.63, 3.8) is 0 Å². The summed E-state index contributed by atoms with van der Waals surface area (Å²) in [6, 6.07) is 0.377. The molecule has 17 heavy (non-hydrogen) atoms. The van der Waals surface area contributed by atoms with Crippen LogP contribution in [0.25, 0.3) is 0 Å². The van der Waals surface area contributed by atoms with Crippen molar-refractivity contribution >= 4 is 5.91 Å². The van der Waals surface area contributed by atoms with Gasteiger partial charge in [-0.15, -0.1) is 0 Å². The molecule has 5 nitrogen and oxygen atoms in total. The van der Waals surface area contributed by atoms with E-state index < -0.39 is 0 Å². The first-order chi connectivity index (χ1) is 8.16. The minimum atomic E-state index is -0.0727. The topological polar surface area (TPSA) is 53.6 Å². The van der Waals surface area contributed by atoms with Crippen LogP contribution >= 0.6 is 0 Å². The summed E-state index contributed by atoms with van der Waals surface area (Å²) in [5, 5.41) is 6.64. The first-order valence-corrected chi connectivity index (χ1v) is 6.54. The molecule has 3 unspecified atom stereocenters. The van der Waals surface area contributed by atoms with E-state index >= 15 is 0 Å². The molecule has 2 aliphatic heterocycles. The Morgan fingerprint density at radius 2 is 2.12 bits per heavy atom. The molecule has 0 aliphatic carbocycles. The van der Waals surface area contributed by atoms with Gasteiger partial charge in [-0.3, -0.25) is 4.79 Å². The molecule has 0 bridgehead atoms. The number of carbonyl (C=O) groups excluding carboxylic acids is 1. The van der Waals surface area contributed by atoms with Gasteiger partial charge in [0.05, 0.1) is 12.1 Å². The van der Waals surface area contributed by atoms with Crippen molar-refractivity contribution in [3.8, 4) is 0 Å². The number of hydrogen-bond donors (Lipinski definition) is 2. The highest BCUT2D eigenvalue weighted by Crippen LogP contribution is 2.08. The van der Waals surface area contributed by atoms with Crippen molar-refractivity contribution in [2.45, 2.75) is 38.5 Å². The van der Waals surface area contributed by atoms with Gasteiger partial charge >= 0.3 is 0 Å². The molecule has 3 atom stereocenters. The summed E-state index contributed by atoms with van der Waals surface area (Å²) in [7, 11) is 0. The maximum atomic E-state index is 12.3. The third-order valence-electron chi connectivity index (χ3n) is 3.40. The van der Waals surface area contributed by atoms with E-state index in [1.807, 2.05) is 11.8 Å². The Labute approximate surface area is 103 Å². The number of piperazine rings is 1. The number of amides is 1. The lowest BCUT2D eigenvalue weighted by atomic mass is 10.1. The second-order valence-electron chi connectivity index (χ2n) is 5.09. The quantitative estimate of drug-likeness (QED) is 0.654. The lowest BCUT2D eigenvalue weighted by molar-refractivity contribution is -0.134. The molecular weight excluding hydrogens is 218 g/mol. The van der Waals surface area contributed by atoms with E-state index in [1.54, 1.807) is 0 Å². The fraction of sp³-hybridized carbons (Fsp3) is 0.917. The third-order valence-corrected chi connectivity index (χ3v) is 3.40. The SMILES string of the molecule is CC1CNC(C(=O)N2CCCOC(C)C2)CN1. The Balaban J connectivity index is 1.89. The van der Waals surface area contributed by atoms with Crippen molar-refractivity contribution < 1.29 is 9.53 Å². The molecule has 5 heteroatoms. The first-order valence-electron chi connectivity index (χ1n) is 6.54.